The minimum atomic E-state index is -0.696. The Bertz CT molecular complexity index is 1050. The van der Waals surface area contributed by atoms with Gasteiger partial charge in [0.25, 0.3) is 5.91 Å². The van der Waals surface area contributed by atoms with E-state index >= 15 is 0 Å². The van der Waals surface area contributed by atoms with Gasteiger partial charge in [0.2, 0.25) is 11.8 Å². The molecule has 3 aliphatic heterocycles. The number of nitrogens with one attached hydrogen (secondary N) is 2. The first-order valence-electron chi connectivity index (χ1n) is 10.6. The highest BCUT2D eigenvalue weighted by Gasteiger charge is 2.41. The molecular formula is C23H23ClN4O3. The summed E-state index contributed by atoms with van der Waals surface area (Å²) in [6.45, 7) is 1.81. The molecule has 0 radical (unpaired) electrons. The zero-order valence-electron chi connectivity index (χ0n) is 16.9. The normalized spacial score (nSPS) is 23.1. The molecule has 160 valence electrons. The minimum absolute atomic E-state index is 0.0178. The Morgan fingerprint density at radius 2 is 1.81 bits per heavy atom. The number of hydrogen-bond donors (Lipinski definition) is 2. The van der Waals surface area contributed by atoms with Crippen LogP contribution in [0.5, 0.6) is 0 Å². The largest absolute Gasteiger partial charge is 0.337 e. The molecule has 1 unspecified atom stereocenters. The molecular weight excluding hydrogens is 416 g/mol. The first kappa shape index (κ1) is 20.0. The summed E-state index contributed by atoms with van der Waals surface area (Å²) in [6, 6.07) is 12.0. The molecule has 2 aromatic rings. The van der Waals surface area contributed by atoms with Gasteiger partial charge in [0.15, 0.2) is 0 Å². The maximum atomic E-state index is 13.4. The van der Waals surface area contributed by atoms with Gasteiger partial charge in [-0.2, -0.15) is 0 Å². The van der Waals surface area contributed by atoms with Crippen molar-refractivity contribution in [3.05, 3.63) is 53.1 Å². The molecule has 0 aromatic heterocycles. The van der Waals surface area contributed by atoms with Crippen molar-refractivity contribution in [2.75, 3.05) is 31.5 Å². The van der Waals surface area contributed by atoms with Crippen LogP contribution in [-0.2, 0) is 9.59 Å². The average molecular weight is 439 g/mol. The second kappa shape index (κ2) is 7.98. The lowest BCUT2D eigenvalue weighted by molar-refractivity contribution is -0.137. The number of amides is 3. The first-order chi connectivity index (χ1) is 15.0. The van der Waals surface area contributed by atoms with E-state index in [1.165, 1.54) is 0 Å². The van der Waals surface area contributed by atoms with E-state index in [2.05, 4.69) is 10.6 Å². The lowest BCUT2D eigenvalue weighted by atomic mass is 10.0. The van der Waals surface area contributed by atoms with Gasteiger partial charge in [-0.1, -0.05) is 29.8 Å². The molecule has 2 saturated heterocycles. The minimum Gasteiger partial charge on any atom is -0.337 e. The van der Waals surface area contributed by atoms with E-state index in [1.54, 1.807) is 28.0 Å². The lowest BCUT2D eigenvalue weighted by Crippen LogP contribution is -2.61. The number of fused-ring (bicyclic) bond motifs is 2. The summed E-state index contributed by atoms with van der Waals surface area (Å²) in [5.41, 5.74) is 2.77. The third-order valence-electron chi connectivity index (χ3n) is 6.30. The van der Waals surface area contributed by atoms with Crippen molar-refractivity contribution in [2.24, 2.45) is 0 Å². The second-order valence-corrected chi connectivity index (χ2v) is 8.64. The van der Waals surface area contributed by atoms with Crippen LogP contribution >= 0.6 is 11.6 Å². The van der Waals surface area contributed by atoms with E-state index in [0.717, 1.165) is 30.5 Å². The van der Waals surface area contributed by atoms with Crippen molar-refractivity contribution in [1.29, 1.82) is 0 Å². The van der Waals surface area contributed by atoms with Gasteiger partial charge in [-0.25, -0.2) is 0 Å². The smallest absolute Gasteiger partial charge is 0.256 e. The summed E-state index contributed by atoms with van der Waals surface area (Å²) >= 11 is 5.99. The summed E-state index contributed by atoms with van der Waals surface area (Å²) in [7, 11) is 0. The van der Waals surface area contributed by atoms with E-state index in [-0.39, 0.29) is 30.3 Å². The van der Waals surface area contributed by atoms with Crippen LogP contribution in [0.1, 0.15) is 23.2 Å². The number of halogens is 1. The molecule has 2 N–H and O–H groups in total. The van der Waals surface area contributed by atoms with Gasteiger partial charge in [0, 0.05) is 18.1 Å². The molecule has 5 rings (SSSR count). The lowest BCUT2D eigenvalue weighted by Gasteiger charge is -2.40. The van der Waals surface area contributed by atoms with E-state index < -0.39 is 6.04 Å². The van der Waals surface area contributed by atoms with Gasteiger partial charge in [0.05, 0.1) is 23.8 Å². The Labute approximate surface area is 185 Å². The van der Waals surface area contributed by atoms with E-state index in [1.807, 2.05) is 24.3 Å². The van der Waals surface area contributed by atoms with Crippen molar-refractivity contribution in [3.63, 3.8) is 0 Å². The predicted molar refractivity (Wildman–Crippen MR) is 118 cm³/mol. The van der Waals surface area contributed by atoms with Crippen molar-refractivity contribution in [2.45, 2.75) is 24.9 Å². The standard InChI is InChI=1S/C23H23ClN4O3/c24-16-6-3-14(4-7-16)15-5-8-18-17(12-15)22(30)28-11-10-27(13-20(28)21(29)26-18)23(31)19-2-1-9-25-19/h3-8,12,19-20,25H,1-2,9-11,13H2,(H,26,29)/t19-,20?/m0/s1. The van der Waals surface area contributed by atoms with Crippen LogP contribution in [0.2, 0.25) is 5.02 Å². The number of carbonyl (C=O) groups is 3. The zero-order valence-corrected chi connectivity index (χ0v) is 17.7. The van der Waals surface area contributed by atoms with Gasteiger partial charge in [-0.3, -0.25) is 14.4 Å². The number of rotatable bonds is 2. The molecule has 8 heteroatoms. The Balaban J connectivity index is 1.41. The van der Waals surface area contributed by atoms with Crippen LogP contribution in [0.15, 0.2) is 42.5 Å². The monoisotopic (exact) mass is 438 g/mol. The summed E-state index contributed by atoms with van der Waals surface area (Å²) < 4.78 is 0. The third kappa shape index (κ3) is 3.68. The summed E-state index contributed by atoms with van der Waals surface area (Å²) in [5.74, 6) is -0.437. The zero-order chi connectivity index (χ0) is 21.5. The molecule has 3 amide bonds. The van der Waals surface area contributed by atoms with Crippen molar-refractivity contribution >= 4 is 35.0 Å². The molecule has 2 aromatic carbocycles. The topological polar surface area (TPSA) is 81.8 Å². The van der Waals surface area contributed by atoms with Crippen LogP contribution in [0, 0.1) is 0 Å². The highest BCUT2D eigenvalue weighted by molar-refractivity contribution is 6.30. The number of benzene rings is 2. The second-order valence-electron chi connectivity index (χ2n) is 8.20. The molecule has 3 heterocycles. The van der Waals surface area contributed by atoms with E-state index in [9.17, 15) is 14.4 Å². The number of carbonyl (C=O) groups excluding carboxylic acids is 3. The van der Waals surface area contributed by atoms with Crippen molar-refractivity contribution in [3.8, 4) is 11.1 Å². The fraction of sp³-hybridized carbons (Fsp3) is 0.348. The third-order valence-corrected chi connectivity index (χ3v) is 6.55. The predicted octanol–water partition coefficient (Wildman–Crippen LogP) is 2.36. The SMILES string of the molecule is O=C1Nc2ccc(-c3ccc(Cl)cc3)cc2C(=O)N2CCN(C(=O)[C@@H]3CCCN3)CC12. The molecule has 2 fully saturated rings. The number of hydrogen-bond acceptors (Lipinski definition) is 4. The van der Waals surface area contributed by atoms with Gasteiger partial charge in [-0.05, 0) is 54.8 Å². The highest BCUT2D eigenvalue weighted by atomic mass is 35.5. The Morgan fingerprint density at radius 1 is 1.03 bits per heavy atom. The van der Waals surface area contributed by atoms with Gasteiger partial charge >= 0.3 is 0 Å². The Kier molecular flexibility index (Phi) is 5.16. The fourth-order valence-corrected chi connectivity index (χ4v) is 4.72. The molecule has 0 spiro atoms. The highest BCUT2D eigenvalue weighted by Crippen LogP contribution is 2.31. The molecule has 7 nitrogen and oxygen atoms in total. The molecule has 31 heavy (non-hydrogen) atoms. The van der Waals surface area contributed by atoms with Crippen LogP contribution in [-0.4, -0.2) is 65.8 Å². The summed E-state index contributed by atoms with van der Waals surface area (Å²) in [5, 5.41) is 6.75. The number of piperazine rings is 1. The first-order valence-corrected chi connectivity index (χ1v) is 10.9. The number of anilines is 1. The number of nitrogens with zero attached hydrogens (tertiary/aromatic N) is 2. The summed E-state index contributed by atoms with van der Waals surface area (Å²) in [6.07, 6.45) is 1.79. The molecule has 0 aliphatic carbocycles. The maximum Gasteiger partial charge on any atom is 0.256 e. The van der Waals surface area contributed by atoms with Crippen LogP contribution in [0.3, 0.4) is 0 Å². The molecule has 2 atom stereocenters. The van der Waals surface area contributed by atoms with E-state index in [0.29, 0.717) is 29.4 Å². The van der Waals surface area contributed by atoms with Gasteiger partial charge in [0.1, 0.15) is 6.04 Å². The van der Waals surface area contributed by atoms with Crippen LogP contribution in [0.25, 0.3) is 11.1 Å². The van der Waals surface area contributed by atoms with Crippen LogP contribution < -0.4 is 10.6 Å². The molecule has 0 saturated carbocycles. The average Bonchev–Trinajstić information content (AvgIpc) is 3.30. The fourth-order valence-electron chi connectivity index (χ4n) is 4.59. The van der Waals surface area contributed by atoms with E-state index in [4.69, 9.17) is 11.6 Å². The van der Waals surface area contributed by atoms with Crippen molar-refractivity contribution < 1.29 is 14.4 Å². The van der Waals surface area contributed by atoms with Gasteiger partial charge in [-0.15, -0.1) is 0 Å². The molecule has 0 bridgehead atoms. The van der Waals surface area contributed by atoms with Gasteiger partial charge < -0.3 is 20.4 Å². The maximum absolute atomic E-state index is 13.4. The van der Waals surface area contributed by atoms with Crippen LogP contribution in [0.4, 0.5) is 5.69 Å². The van der Waals surface area contributed by atoms with Crippen molar-refractivity contribution in [1.82, 2.24) is 15.1 Å². The summed E-state index contributed by atoms with van der Waals surface area (Å²) in [4.78, 5) is 42.5. The quantitative estimate of drug-likeness (QED) is 0.754. The Hall–Kier alpha value is -2.90. The Morgan fingerprint density at radius 3 is 2.55 bits per heavy atom. The molecule has 3 aliphatic rings.